The van der Waals surface area contributed by atoms with Crippen molar-refractivity contribution in [1.82, 2.24) is 5.32 Å². The highest BCUT2D eigenvalue weighted by Gasteiger charge is 2.14. The molecule has 29 heavy (non-hydrogen) atoms. The molecular formula is C21H22N2O6. The molecule has 0 unspecified atom stereocenters. The van der Waals surface area contributed by atoms with E-state index >= 15 is 0 Å². The summed E-state index contributed by atoms with van der Waals surface area (Å²) in [5, 5.41) is 5.23. The summed E-state index contributed by atoms with van der Waals surface area (Å²) < 4.78 is 15.5. The Bertz CT molecular complexity index is 895. The lowest BCUT2D eigenvalue weighted by Gasteiger charge is -2.08. The number of fused-ring (bicyclic) bond motifs is 1. The van der Waals surface area contributed by atoms with Gasteiger partial charge in [-0.2, -0.15) is 0 Å². The average Bonchev–Trinajstić information content (AvgIpc) is 3.20. The number of benzene rings is 2. The van der Waals surface area contributed by atoms with Crippen molar-refractivity contribution in [2.45, 2.75) is 19.3 Å². The van der Waals surface area contributed by atoms with Gasteiger partial charge in [-0.3, -0.25) is 14.4 Å². The lowest BCUT2D eigenvalue weighted by atomic mass is 10.1. The van der Waals surface area contributed by atoms with Crippen molar-refractivity contribution < 1.29 is 28.6 Å². The van der Waals surface area contributed by atoms with E-state index in [0.29, 0.717) is 34.9 Å². The second-order valence-electron chi connectivity index (χ2n) is 6.40. The number of hydrogen-bond donors (Lipinski definition) is 2. The third kappa shape index (κ3) is 5.71. The Morgan fingerprint density at radius 3 is 2.48 bits per heavy atom. The molecule has 0 spiro atoms. The number of ether oxygens (including phenoxy) is 3. The highest BCUT2D eigenvalue weighted by atomic mass is 16.7. The SMILES string of the molecule is COc1ccc(C(=O)CCCC(=O)NCC(=O)Nc2ccc3c(c2)OCO3)cc1. The monoisotopic (exact) mass is 398 g/mol. The molecule has 0 atom stereocenters. The van der Waals surface area contributed by atoms with Gasteiger partial charge in [0, 0.05) is 30.2 Å². The van der Waals surface area contributed by atoms with Gasteiger partial charge in [-0.25, -0.2) is 0 Å². The minimum absolute atomic E-state index is 0.0407. The summed E-state index contributed by atoms with van der Waals surface area (Å²) >= 11 is 0. The maximum atomic E-state index is 12.1. The molecule has 0 bridgehead atoms. The molecule has 3 rings (SSSR count). The molecule has 8 heteroatoms. The third-order valence-electron chi connectivity index (χ3n) is 4.32. The first-order chi connectivity index (χ1) is 14.0. The van der Waals surface area contributed by atoms with Crippen LogP contribution in [0.25, 0.3) is 0 Å². The molecule has 8 nitrogen and oxygen atoms in total. The van der Waals surface area contributed by atoms with Gasteiger partial charge in [-0.15, -0.1) is 0 Å². The van der Waals surface area contributed by atoms with Crippen LogP contribution in [0.15, 0.2) is 42.5 Å². The molecule has 0 saturated carbocycles. The molecule has 0 radical (unpaired) electrons. The van der Waals surface area contributed by atoms with Crippen LogP contribution < -0.4 is 24.8 Å². The molecule has 0 aliphatic carbocycles. The summed E-state index contributed by atoms with van der Waals surface area (Å²) in [4.78, 5) is 36.0. The molecule has 0 saturated heterocycles. The lowest BCUT2D eigenvalue weighted by Crippen LogP contribution is -2.32. The Hall–Kier alpha value is -3.55. The number of ketones is 1. The van der Waals surface area contributed by atoms with Crippen LogP contribution in [0.5, 0.6) is 17.2 Å². The van der Waals surface area contributed by atoms with Crippen molar-refractivity contribution in [2.75, 3.05) is 25.8 Å². The summed E-state index contributed by atoms with van der Waals surface area (Å²) in [5.41, 5.74) is 1.13. The number of rotatable bonds is 9. The van der Waals surface area contributed by atoms with E-state index < -0.39 is 0 Å². The minimum Gasteiger partial charge on any atom is -0.497 e. The summed E-state index contributed by atoms with van der Waals surface area (Å²) in [7, 11) is 1.56. The van der Waals surface area contributed by atoms with E-state index in [2.05, 4.69) is 10.6 Å². The Morgan fingerprint density at radius 2 is 1.72 bits per heavy atom. The first kappa shape index (κ1) is 20.2. The number of anilines is 1. The standard InChI is InChI=1S/C21H22N2O6/c1-27-16-8-5-14(6-9-16)17(24)3-2-4-20(25)22-12-21(26)23-15-7-10-18-19(11-15)29-13-28-18/h5-11H,2-4,12-13H2,1H3,(H,22,25)(H,23,26). The molecule has 1 aliphatic rings. The van der Waals surface area contributed by atoms with Crippen LogP contribution in [0, 0.1) is 0 Å². The number of nitrogens with one attached hydrogen (secondary N) is 2. The van der Waals surface area contributed by atoms with E-state index in [1.165, 1.54) is 0 Å². The van der Waals surface area contributed by atoms with Gasteiger partial charge < -0.3 is 24.8 Å². The van der Waals surface area contributed by atoms with Gasteiger partial charge in [-0.1, -0.05) is 0 Å². The maximum Gasteiger partial charge on any atom is 0.243 e. The summed E-state index contributed by atoms with van der Waals surface area (Å²) in [6.45, 7) is 0.00343. The average molecular weight is 398 g/mol. The Kier molecular flexibility index (Phi) is 6.67. The number of carbonyl (C=O) groups is 3. The fraction of sp³-hybridized carbons (Fsp3) is 0.286. The molecule has 0 aromatic heterocycles. The first-order valence-corrected chi connectivity index (χ1v) is 9.18. The highest BCUT2D eigenvalue weighted by molar-refractivity contribution is 5.97. The molecule has 0 fully saturated rings. The second kappa shape index (κ2) is 9.59. The zero-order valence-corrected chi connectivity index (χ0v) is 16.0. The van der Waals surface area contributed by atoms with Crippen LogP contribution in [0.2, 0.25) is 0 Å². The van der Waals surface area contributed by atoms with E-state index in [4.69, 9.17) is 14.2 Å². The van der Waals surface area contributed by atoms with Crippen molar-refractivity contribution in [2.24, 2.45) is 0 Å². The van der Waals surface area contributed by atoms with Crippen LogP contribution in [0.1, 0.15) is 29.6 Å². The molecule has 2 N–H and O–H groups in total. The van der Waals surface area contributed by atoms with Crippen LogP contribution >= 0.6 is 0 Å². The molecule has 2 aromatic rings. The van der Waals surface area contributed by atoms with Crippen LogP contribution in [-0.2, 0) is 9.59 Å². The normalized spacial score (nSPS) is 11.6. The molecule has 152 valence electrons. The van der Waals surface area contributed by atoms with E-state index in [0.717, 1.165) is 0 Å². The van der Waals surface area contributed by atoms with Gasteiger partial charge in [0.1, 0.15) is 5.75 Å². The zero-order chi connectivity index (χ0) is 20.6. The summed E-state index contributed by atoms with van der Waals surface area (Å²) in [6.07, 6.45) is 0.822. The van der Waals surface area contributed by atoms with Crippen molar-refractivity contribution in [3.63, 3.8) is 0 Å². The fourth-order valence-electron chi connectivity index (χ4n) is 2.78. The number of methoxy groups -OCH3 is 1. The smallest absolute Gasteiger partial charge is 0.243 e. The number of Topliss-reactive ketones (excluding diaryl/α,β-unsaturated/α-hetero) is 1. The minimum atomic E-state index is -0.355. The largest absolute Gasteiger partial charge is 0.497 e. The van der Waals surface area contributed by atoms with Crippen LogP contribution in [-0.4, -0.2) is 38.0 Å². The number of carbonyl (C=O) groups excluding carboxylic acids is 3. The molecule has 1 aliphatic heterocycles. The Morgan fingerprint density at radius 1 is 0.966 bits per heavy atom. The van der Waals surface area contributed by atoms with Gasteiger partial charge in [-0.05, 0) is 42.8 Å². The quantitative estimate of drug-likeness (QED) is 0.629. The van der Waals surface area contributed by atoms with Crippen LogP contribution in [0.3, 0.4) is 0 Å². The van der Waals surface area contributed by atoms with Crippen molar-refractivity contribution in [3.8, 4) is 17.2 Å². The molecule has 2 amide bonds. The van der Waals surface area contributed by atoms with Gasteiger partial charge >= 0.3 is 0 Å². The second-order valence-corrected chi connectivity index (χ2v) is 6.40. The van der Waals surface area contributed by atoms with Gasteiger partial charge in [0.25, 0.3) is 0 Å². The number of amides is 2. The van der Waals surface area contributed by atoms with Crippen molar-refractivity contribution in [3.05, 3.63) is 48.0 Å². The predicted molar refractivity (Wildman–Crippen MR) is 105 cm³/mol. The Balaban J connectivity index is 1.35. The van der Waals surface area contributed by atoms with E-state index in [1.54, 1.807) is 49.6 Å². The van der Waals surface area contributed by atoms with Crippen molar-refractivity contribution in [1.29, 1.82) is 0 Å². The first-order valence-electron chi connectivity index (χ1n) is 9.18. The predicted octanol–water partition coefficient (Wildman–Crippen LogP) is 2.53. The molecule has 1 heterocycles. The topological polar surface area (TPSA) is 103 Å². The summed E-state index contributed by atoms with van der Waals surface area (Å²) in [6, 6.07) is 11.9. The van der Waals surface area contributed by atoms with Gasteiger partial charge in [0.15, 0.2) is 17.3 Å². The molecule has 2 aromatic carbocycles. The number of hydrogen-bond acceptors (Lipinski definition) is 6. The maximum absolute atomic E-state index is 12.1. The zero-order valence-electron chi connectivity index (χ0n) is 16.0. The van der Waals surface area contributed by atoms with Crippen LogP contribution in [0.4, 0.5) is 5.69 Å². The van der Waals surface area contributed by atoms with Crippen molar-refractivity contribution >= 4 is 23.3 Å². The van der Waals surface area contributed by atoms with E-state index in [9.17, 15) is 14.4 Å². The van der Waals surface area contributed by atoms with E-state index in [1.807, 2.05) is 0 Å². The highest BCUT2D eigenvalue weighted by Crippen LogP contribution is 2.34. The fourth-order valence-corrected chi connectivity index (χ4v) is 2.78. The van der Waals surface area contributed by atoms with E-state index in [-0.39, 0.29) is 43.8 Å². The molecular weight excluding hydrogens is 376 g/mol. The lowest BCUT2D eigenvalue weighted by molar-refractivity contribution is -0.124. The Labute approximate surface area is 168 Å². The van der Waals surface area contributed by atoms with Gasteiger partial charge in [0.05, 0.1) is 13.7 Å². The van der Waals surface area contributed by atoms with Gasteiger partial charge in [0.2, 0.25) is 18.6 Å². The third-order valence-corrected chi connectivity index (χ3v) is 4.32. The summed E-state index contributed by atoms with van der Waals surface area (Å²) in [5.74, 6) is 1.19.